The molecular formula is C27H36N6O5S. The van der Waals surface area contributed by atoms with Gasteiger partial charge in [0.05, 0.1) is 28.3 Å². The van der Waals surface area contributed by atoms with Crippen LogP contribution in [0.3, 0.4) is 0 Å². The first-order valence-corrected chi connectivity index (χ1v) is 15.2. The van der Waals surface area contributed by atoms with Gasteiger partial charge in [0, 0.05) is 31.4 Å². The first-order chi connectivity index (χ1) is 18.8. The van der Waals surface area contributed by atoms with Crippen molar-refractivity contribution in [2.24, 2.45) is 5.92 Å². The van der Waals surface area contributed by atoms with E-state index < -0.39 is 21.9 Å². The van der Waals surface area contributed by atoms with Crippen molar-refractivity contribution in [2.45, 2.75) is 75.3 Å². The molecule has 2 fully saturated rings. The first-order valence-electron chi connectivity index (χ1n) is 13.8. The predicted molar refractivity (Wildman–Crippen MR) is 147 cm³/mol. The van der Waals surface area contributed by atoms with Gasteiger partial charge in [-0.1, -0.05) is 25.5 Å². The molecule has 5 rings (SSSR count). The third-order valence-corrected chi connectivity index (χ3v) is 9.76. The van der Waals surface area contributed by atoms with Crippen molar-refractivity contribution >= 4 is 33.0 Å². The average Bonchev–Trinajstić information content (AvgIpc) is 3.32. The summed E-state index contributed by atoms with van der Waals surface area (Å²) in [7, 11) is -3.73. The highest BCUT2D eigenvalue weighted by atomic mass is 32.2. The number of benzene rings is 1. The van der Waals surface area contributed by atoms with E-state index in [0.717, 1.165) is 48.8 Å². The fourth-order valence-electron chi connectivity index (χ4n) is 5.43. The van der Waals surface area contributed by atoms with Gasteiger partial charge in [0.25, 0.3) is 0 Å². The monoisotopic (exact) mass is 556 g/mol. The maximum Gasteiger partial charge on any atom is 0.306 e. The Morgan fingerprint density at radius 3 is 2.41 bits per heavy atom. The number of unbranched alkanes of at least 4 members (excludes halogenated alkanes) is 1. The summed E-state index contributed by atoms with van der Waals surface area (Å²) in [5.74, 6) is -0.827. The molecular weight excluding hydrogens is 520 g/mol. The van der Waals surface area contributed by atoms with Crippen LogP contribution in [-0.4, -0.2) is 74.4 Å². The van der Waals surface area contributed by atoms with E-state index in [0.29, 0.717) is 37.3 Å². The number of rotatable bonds is 9. The molecule has 39 heavy (non-hydrogen) atoms. The molecule has 2 aromatic heterocycles. The maximum atomic E-state index is 13.2. The molecule has 1 aliphatic carbocycles. The number of carboxylic acid groups (broad SMARTS) is 1. The number of hydrogen-bond acceptors (Lipinski definition) is 8. The Balaban J connectivity index is 1.44. The van der Waals surface area contributed by atoms with Crippen LogP contribution < -0.4 is 5.32 Å². The highest BCUT2D eigenvalue weighted by Gasteiger charge is 2.32. The Labute approximate surface area is 228 Å². The second kappa shape index (κ2) is 11.6. The average molecular weight is 557 g/mol. The van der Waals surface area contributed by atoms with E-state index in [2.05, 4.69) is 17.2 Å². The summed E-state index contributed by atoms with van der Waals surface area (Å²) in [6, 6.07) is 6.77. The van der Waals surface area contributed by atoms with Gasteiger partial charge in [-0.3, -0.25) is 4.79 Å². The predicted octanol–water partition coefficient (Wildman–Crippen LogP) is 3.67. The van der Waals surface area contributed by atoms with Gasteiger partial charge in [0.2, 0.25) is 16.0 Å². The number of carboxylic acids is 1. The van der Waals surface area contributed by atoms with Gasteiger partial charge in [0.15, 0.2) is 5.65 Å². The van der Waals surface area contributed by atoms with Crippen LogP contribution in [0, 0.1) is 5.92 Å². The number of fused-ring (bicyclic) bond motifs is 1. The van der Waals surface area contributed by atoms with Crippen molar-refractivity contribution < 1.29 is 23.4 Å². The van der Waals surface area contributed by atoms with E-state index in [1.807, 2.05) is 4.68 Å². The van der Waals surface area contributed by atoms with Crippen molar-refractivity contribution in [3.8, 4) is 11.3 Å². The number of sulfonamides is 1. The van der Waals surface area contributed by atoms with Crippen LogP contribution in [0.2, 0.25) is 0 Å². The molecule has 3 heterocycles. The fourth-order valence-corrected chi connectivity index (χ4v) is 6.90. The second-order valence-corrected chi connectivity index (χ2v) is 12.4. The Hall–Kier alpha value is -3.09. The van der Waals surface area contributed by atoms with Crippen LogP contribution in [0.5, 0.6) is 0 Å². The van der Waals surface area contributed by atoms with Crippen molar-refractivity contribution in [3.63, 3.8) is 0 Å². The second-order valence-electron chi connectivity index (χ2n) is 10.5. The Kier molecular flexibility index (Phi) is 8.15. The number of anilines is 1. The first kappa shape index (κ1) is 27.5. The molecule has 1 saturated heterocycles. The van der Waals surface area contributed by atoms with Crippen LogP contribution in [0.25, 0.3) is 22.3 Å². The molecule has 1 aliphatic heterocycles. The molecule has 11 nitrogen and oxygen atoms in total. The summed E-state index contributed by atoms with van der Waals surface area (Å²) >= 11 is 0. The molecule has 0 atom stereocenters. The molecule has 0 unspecified atom stereocenters. The zero-order valence-corrected chi connectivity index (χ0v) is 23.0. The molecule has 210 valence electrons. The molecule has 1 saturated carbocycles. The summed E-state index contributed by atoms with van der Waals surface area (Å²) in [4.78, 5) is 20.7. The molecule has 2 aliphatic rings. The Bertz CT molecular complexity index is 1410. The minimum absolute atomic E-state index is 0.108. The smallest absolute Gasteiger partial charge is 0.306 e. The summed E-state index contributed by atoms with van der Waals surface area (Å²) in [6.45, 7) is 3.29. The standard InChI is InChI=1S/C27H36N6O5S/c1-2-3-14-28-27-29-17-23-24(31-33(25(23)30-27)20-6-8-21(34)9-7-20)18-4-10-22(11-5-18)39(37,38)32-15-12-19(13-16-32)26(35)36/h4-5,10-11,17,19-21,34H,2-3,6-9,12-16H2,1H3,(H,35,36)(H,28,29,30). The molecule has 0 spiro atoms. The minimum Gasteiger partial charge on any atom is -0.481 e. The van der Waals surface area contributed by atoms with E-state index in [-0.39, 0.29) is 30.1 Å². The normalized spacial score (nSPS) is 21.3. The van der Waals surface area contributed by atoms with Gasteiger partial charge in [-0.05, 0) is 57.1 Å². The van der Waals surface area contributed by atoms with Gasteiger partial charge >= 0.3 is 5.97 Å². The number of hydrogen-bond donors (Lipinski definition) is 3. The van der Waals surface area contributed by atoms with Gasteiger partial charge < -0.3 is 15.5 Å². The van der Waals surface area contributed by atoms with Crippen molar-refractivity contribution in [1.82, 2.24) is 24.1 Å². The number of piperidine rings is 1. The summed E-state index contributed by atoms with van der Waals surface area (Å²) in [5, 5.41) is 28.2. The lowest BCUT2D eigenvalue weighted by Gasteiger charge is -2.29. The molecule has 1 aromatic carbocycles. The molecule has 0 bridgehead atoms. The van der Waals surface area contributed by atoms with Gasteiger partial charge in [-0.2, -0.15) is 14.4 Å². The Morgan fingerprint density at radius 2 is 1.77 bits per heavy atom. The van der Waals surface area contributed by atoms with Crippen LogP contribution in [0.1, 0.15) is 64.3 Å². The number of aliphatic hydroxyl groups is 1. The van der Waals surface area contributed by atoms with E-state index in [9.17, 15) is 23.4 Å². The lowest BCUT2D eigenvalue weighted by Crippen LogP contribution is -2.40. The molecule has 0 radical (unpaired) electrons. The quantitative estimate of drug-likeness (QED) is 0.335. The highest BCUT2D eigenvalue weighted by molar-refractivity contribution is 7.89. The molecule has 0 amide bonds. The molecule has 12 heteroatoms. The number of aromatic nitrogens is 4. The minimum atomic E-state index is -3.73. The van der Waals surface area contributed by atoms with Gasteiger partial charge in [-0.15, -0.1) is 0 Å². The zero-order valence-electron chi connectivity index (χ0n) is 22.2. The van der Waals surface area contributed by atoms with E-state index in [4.69, 9.17) is 10.1 Å². The van der Waals surface area contributed by atoms with Crippen molar-refractivity contribution in [2.75, 3.05) is 25.0 Å². The zero-order chi connectivity index (χ0) is 27.6. The fraction of sp³-hybridized carbons (Fsp3) is 0.556. The maximum absolute atomic E-state index is 13.2. The van der Waals surface area contributed by atoms with Crippen LogP contribution >= 0.6 is 0 Å². The summed E-state index contributed by atoms with van der Waals surface area (Å²) in [5.41, 5.74) is 2.16. The van der Waals surface area contributed by atoms with Crippen LogP contribution in [-0.2, 0) is 14.8 Å². The van der Waals surface area contributed by atoms with E-state index in [1.165, 1.54) is 4.31 Å². The summed E-state index contributed by atoms with van der Waals surface area (Å²) in [6.07, 6.45) is 7.21. The van der Waals surface area contributed by atoms with Gasteiger partial charge in [0.1, 0.15) is 5.69 Å². The third kappa shape index (κ3) is 5.78. The van der Waals surface area contributed by atoms with Crippen molar-refractivity contribution in [1.29, 1.82) is 0 Å². The lowest BCUT2D eigenvalue weighted by atomic mass is 9.93. The van der Waals surface area contributed by atoms with Crippen LogP contribution in [0.4, 0.5) is 5.95 Å². The lowest BCUT2D eigenvalue weighted by molar-refractivity contribution is -0.142. The topological polar surface area (TPSA) is 151 Å². The highest BCUT2D eigenvalue weighted by Crippen LogP contribution is 2.35. The van der Waals surface area contributed by atoms with Gasteiger partial charge in [-0.25, -0.2) is 18.1 Å². The number of nitrogens with zero attached hydrogens (tertiary/aromatic N) is 5. The summed E-state index contributed by atoms with van der Waals surface area (Å²) < 4.78 is 29.7. The molecule has 3 N–H and O–H groups in total. The number of aliphatic carboxylic acids is 1. The van der Waals surface area contributed by atoms with Crippen LogP contribution in [0.15, 0.2) is 35.4 Å². The molecule has 3 aromatic rings. The Morgan fingerprint density at radius 1 is 1.08 bits per heavy atom. The van der Waals surface area contributed by atoms with E-state index in [1.54, 1.807) is 30.5 Å². The SMILES string of the molecule is CCCCNc1ncc2c(-c3ccc(S(=O)(=O)N4CCC(C(=O)O)CC4)cc3)nn(C3CCC(O)CC3)c2n1. The van der Waals surface area contributed by atoms with Crippen molar-refractivity contribution in [3.05, 3.63) is 30.5 Å². The number of aliphatic hydroxyl groups excluding tert-OH is 1. The van der Waals surface area contributed by atoms with E-state index >= 15 is 0 Å². The number of nitrogens with one attached hydrogen (secondary N) is 1. The third-order valence-electron chi connectivity index (χ3n) is 7.84. The number of carbonyl (C=O) groups is 1. The largest absolute Gasteiger partial charge is 0.481 e.